The van der Waals surface area contributed by atoms with Crippen molar-refractivity contribution in [1.82, 2.24) is 0 Å². The van der Waals surface area contributed by atoms with Crippen LogP contribution in [-0.2, 0) is 9.59 Å². The third-order valence-electron chi connectivity index (χ3n) is 1.58. The van der Waals surface area contributed by atoms with Gasteiger partial charge in [0.2, 0.25) is 12.2 Å². The summed E-state index contributed by atoms with van der Waals surface area (Å²) in [5, 5.41) is 17.9. The smallest absolute Gasteiger partial charge is 0.237 e. The fraction of sp³-hybridized carbons (Fsp3) is 0.750. The molecule has 6 heteroatoms. The standard InChI is InChI=1S/C8H12N2O4/c11-5-9-7(13)3-1-2-4-8(14)10-6-12/h7-8,13-14H,1-4H2. The Balaban J connectivity index is 3.46. The van der Waals surface area contributed by atoms with Gasteiger partial charge in [0.1, 0.15) is 0 Å². The van der Waals surface area contributed by atoms with E-state index in [1.165, 1.54) is 12.2 Å². The molecule has 0 bridgehead atoms. The molecule has 0 aliphatic heterocycles. The van der Waals surface area contributed by atoms with Gasteiger partial charge in [-0.05, 0) is 25.7 Å². The quantitative estimate of drug-likeness (QED) is 0.339. The van der Waals surface area contributed by atoms with Gasteiger partial charge in [0.05, 0.1) is 0 Å². The van der Waals surface area contributed by atoms with Crippen LogP contribution in [0.15, 0.2) is 9.98 Å². The van der Waals surface area contributed by atoms with Gasteiger partial charge in [-0.2, -0.15) is 9.98 Å². The minimum atomic E-state index is -1.03. The van der Waals surface area contributed by atoms with Gasteiger partial charge in [0.15, 0.2) is 12.5 Å². The van der Waals surface area contributed by atoms with E-state index in [4.69, 9.17) is 10.2 Å². The third-order valence-corrected chi connectivity index (χ3v) is 1.58. The summed E-state index contributed by atoms with van der Waals surface area (Å²) in [6, 6.07) is 0. The molecule has 6 nitrogen and oxygen atoms in total. The van der Waals surface area contributed by atoms with Crippen molar-refractivity contribution in [1.29, 1.82) is 0 Å². The third kappa shape index (κ3) is 7.34. The number of carbonyl (C=O) groups excluding carboxylic acids is 2. The summed E-state index contributed by atoms with van der Waals surface area (Å²) < 4.78 is 0. The fourth-order valence-electron chi connectivity index (χ4n) is 0.905. The van der Waals surface area contributed by atoms with Crippen LogP contribution in [0, 0.1) is 0 Å². The highest BCUT2D eigenvalue weighted by Crippen LogP contribution is 2.06. The van der Waals surface area contributed by atoms with E-state index in [1.54, 1.807) is 0 Å². The Morgan fingerprint density at radius 3 is 1.57 bits per heavy atom. The number of aliphatic hydroxyl groups excluding tert-OH is 2. The number of nitrogens with zero attached hydrogens (tertiary/aromatic N) is 2. The number of aliphatic hydroxyl groups is 2. The van der Waals surface area contributed by atoms with Crippen molar-refractivity contribution in [3.05, 3.63) is 0 Å². The monoisotopic (exact) mass is 200 g/mol. The summed E-state index contributed by atoms with van der Waals surface area (Å²) in [6.07, 6.45) is 2.24. The predicted octanol–water partition coefficient (Wildman–Crippen LogP) is -0.145. The van der Waals surface area contributed by atoms with Gasteiger partial charge in [-0.3, -0.25) is 0 Å². The first kappa shape index (κ1) is 12.7. The molecule has 0 radical (unpaired) electrons. The second-order valence-electron chi connectivity index (χ2n) is 2.69. The van der Waals surface area contributed by atoms with Crippen molar-refractivity contribution in [2.45, 2.75) is 38.1 Å². The van der Waals surface area contributed by atoms with Crippen LogP contribution in [0.2, 0.25) is 0 Å². The lowest BCUT2D eigenvalue weighted by Gasteiger charge is -2.04. The first-order valence-electron chi connectivity index (χ1n) is 4.20. The summed E-state index contributed by atoms with van der Waals surface area (Å²) in [5.41, 5.74) is 0. The lowest BCUT2D eigenvalue weighted by Crippen LogP contribution is -2.04. The molecule has 0 aromatic carbocycles. The molecule has 0 spiro atoms. The van der Waals surface area contributed by atoms with Gasteiger partial charge in [-0.25, -0.2) is 9.59 Å². The normalized spacial score (nSPS) is 13.6. The van der Waals surface area contributed by atoms with Crippen LogP contribution in [-0.4, -0.2) is 34.8 Å². The maximum absolute atomic E-state index is 9.69. The first-order valence-corrected chi connectivity index (χ1v) is 4.20. The first-order chi connectivity index (χ1) is 6.70. The second kappa shape index (κ2) is 8.29. The largest absolute Gasteiger partial charge is 0.371 e. The van der Waals surface area contributed by atoms with E-state index in [2.05, 4.69) is 9.98 Å². The van der Waals surface area contributed by atoms with E-state index < -0.39 is 12.5 Å². The summed E-state index contributed by atoms with van der Waals surface area (Å²) in [4.78, 5) is 25.5. The van der Waals surface area contributed by atoms with Crippen LogP contribution in [0.3, 0.4) is 0 Å². The minimum absolute atomic E-state index is 0.326. The van der Waals surface area contributed by atoms with Crippen molar-refractivity contribution < 1.29 is 19.8 Å². The van der Waals surface area contributed by atoms with Crippen molar-refractivity contribution >= 4 is 12.2 Å². The Kier molecular flexibility index (Phi) is 7.50. The lowest BCUT2D eigenvalue weighted by atomic mass is 10.1. The summed E-state index contributed by atoms with van der Waals surface area (Å²) >= 11 is 0. The highest BCUT2D eigenvalue weighted by molar-refractivity contribution is 5.33. The Hall–Kier alpha value is -1.32. The number of hydrogen-bond donors (Lipinski definition) is 2. The van der Waals surface area contributed by atoms with Gasteiger partial charge in [0.25, 0.3) is 0 Å². The summed E-state index contributed by atoms with van der Waals surface area (Å²) in [5.74, 6) is 0. The highest BCUT2D eigenvalue weighted by atomic mass is 16.3. The Morgan fingerprint density at radius 1 is 0.929 bits per heavy atom. The van der Waals surface area contributed by atoms with E-state index >= 15 is 0 Å². The van der Waals surface area contributed by atoms with E-state index in [-0.39, 0.29) is 0 Å². The van der Waals surface area contributed by atoms with Crippen molar-refractivity contribution in [3.8, 4) is 0 Å². The Morgan fingerprint density at radius 2 is 1.29 bits per heavy atom. The van der Waals surface area contributed by atoms with Crippen LogP contribution in [0.25, 0.3) is 0 Å². The Labute approximate surface area is 81.0 Å². The molecule has 0 aromatic heterocycles. The van der Waals surface area contributed by atoms with E-state index in [9.17, 15) is 9.59 Å². The number of unbranched alkanes of at least 4 members (excludes halogenated alkanes) is 1. The fourth-order valence-corrected chi connectivity index (χ4v) is 0.905. The van der Waals surface area contributed by atoms with Gasteiger partial charge in [-0.15, -0.1) is 0 Å². The summed E-state index contributed by atoms with van der Waals surface area (Å²) in [7, 11) is 0. The maximum atomic E-state index is 9.69. The molecule has 2 unspecified atom stereocenters. The molecule has 0 saturated heterocycles. The Bertz CT molecular complexity index is 218. The molecule has 2 atom stereocenters. The molecular weight excluding hydrogens is 188 g/mol. The number of aliphatic imine (C=N–C) groups is 2. The zero-order chi connectivity index (χ0) is 10.8. The van der Waals surface area contributed by atoms with Gasteiger partial charge >= 0.3 is 0 Å². The molecule has 0 amide bonds. The molecule has 0 aliphatic rings. The number of isocyanates is 2. The predicted molar refractivity (Wildman–Crippen MR) is 46.7 cm³/mol. The molecule has 0 rings (SSSR count). The average Bonchev–Trinajstić information content (AvgIpc) is 2.13. The van der Waals surface area contributed by atoms with Gasteiger partial charge in [-0.1, -0.05) is 0 Å². The highest BCUT2D eigenvalue weighted by Gasteiger charge is 2.03. The van der Waals surface area contributed by atoms with Crippen molar-refractivity contribution in [3.63, 3.8) is 0 Å². The van der Waals surface area contributed by atoms with Gasteiger partial charge in [0, 0.05) is 0 Å². The van der Waals surface area contributed by atoms with E-state index in [0.717, 1.165) is 0 Å². The van der Waals surface area contributed by atoms with Crippen LogP contribution < -0.4 is 0 Å². The van der Waals surface area contributed by atoms with Gasteiger partial charge < -0.3 is 10.2 Å². The molecule has 14 heavy (non-hydrogen) atoms. The molecule has 0 aliphatic carbocycles. The molecular formula is C8H12N2O4. The van der Waals surface area contributed by atoms with Crippen LogP contribution >= 0.6 is 0 Å². The topological polar surface area (TPSA) is 99.3 Å². The van der Waals surface area contributed by atoms with Crippen molar-refractivity contribution in [2.75, 3.05) is 0 Å². The summed E-state index contributed by atoms with van der Waals surface area (Å²) in [6.45, 7) is 0. The molecule has 78 valence electrons. The maximum Gasteiger partial charge on any atom is 0.237 e. The SMILES string of the molecule is O=C=NC(O)CCCCC(O)N=C=O. The van der Waals surface area contributed by atoms with Crippen LogP contribution in [0.4, 0.5) is 0 Å². The number of hydrogen-bond acceptors (Lipinski definition) is 6. The molecule has 0 heterocycles. The molecule has 2 N–H and O–H groups in total. The second-order valence-corrected chi connectivity index (χ2v) is 2.69. The lowest BCUT2D eigenvalue weighted by molar-refractivity contribution is 0.154. The van der Waals surface area contributed by atoms with E-state index in [1.807, 2.05) is 0 Å². The van der Waals surface area contributed by atoms with Crippen LogP contribution in [0.5, 0.6) is 0 Å². The molecule has 0 aromatic rings. The minimum Gasteiger partial charge on any atom is -0.371 e. The zero-order valence-electron chi connectivity index (χ0n) is 7.59. The average molecular weight is 200 g/mol. The zero-order valence-corrected chi connectivity index (χ0v) is 7.59. The van der Waals surface area contributed by atoms with Crippen LogP contribution in [0.1, 0.15) is 25.7 Å². The van der Waals surface area contributed by atoms with Crippen molar-refractivity contribution in [2.24, 2.45) is 9.98 Å². The molecule has 0 fully saturated rings. The number of rotatable bonds is 7. The van der Waals surface area contributed by atoms with E-state index in [0.29, 0.717) is 25.7 Å². The molecule has 0 saturated carbocycles.